The van der Waals surface area contributed by atoms with E-state index in [1.807, 2.05) is 0 Å². The number of aryl methyl sites for hydroxylation is 1. The van der Waals surface area contributed by atoms with Crippen LogP contribution in [0.5, 0.6) is 5.75 Å². The Morgan fingerprint density at radius 1 is 1.17 bits per heavy atom. The molecular weight excluding hydrogens is 394 g/mol. The fraction of sp³-hybridized carbons (Fsp3) is 0.300. The molecule has 154 valence electrons. The first-order valence-electron chi connectivity index (χ1n) is 9.17. The van der Waals surface area contributed by atoms with Gasteiger partial charge in [-0.2, -0.15) is 0 Å². The second-order valence-corrected chi connectivity index (χ2v) is 8.42. The minimum absolute atomic E-state index is 0.0848. The molecule has 0 aromatic heterocycles. The van der Waals surface area contributed by atoms with Crippen LogP contribution in [0.3, 0.4) is 0 Å². The number of hydrogen-bond acceptors (Lipinski definition) is 5. The van der Waals surface area contributed by atoms with Crippen molar-refractivity contribution in [2.75, 3.05) is 30.2 Å². The second-order valence-electron chi connectivity index (χ2n) is 6.77. The van der Waals surface area contributed by atoms with Gasteiger partial charge in [-0.15, -0.1) is 0 Å². The summed E-state index contributed by atoms with van der Waals surface area (Å²) in [5.41, 5.74) is 1.59. The molecule has 0 spiro atoms. The van der Waals surface area contributed by atoms with E-state index in [-0.39, 0.29) is 22.4 Å². The number of carbonyl (C=O) groups excluding carboxylic acids is 2. The summed E-state index contributed by atoms with van der Waals surface area (Å²) < 4.78 is 33.8. The summed E-state index contributed by atoms with van der Waals surface area (Å²) in [5.74, 6) is 0.0419. The highest BCUT2D eigenvalue weighted by atomic mass is 32.2. The van der Waals surface area contributed by atoms with Crippen molar-refractivity contribution in [3.63, 3.8) is 0 Å². The van der Waals surface area contributed by atoms with Gasteiger partial charge in [0.25, 0.3) is 15.9 Å². The van der Waals surface area contributed by atoms with Crippen LogP contribution in [-0.4, -0.2) is 45.3 Å². The largest absolute Gasteiger partial charge is 0.491 e. The molecule has 1 aliphatic heterocycles. The molecule has 0 aliphatic carbocycles. The van der Waals surface area contributed by atoms with Crippen LogP contribution >= 0.6 is 0 Å². The molecule has 0 unspecified atom stereocenters. The Morgan fingerprint density at radius 3 is 2.59 bits per heavy atom. The highest BCUT2D eigenvalue weighted by Crippen LogP contribution is 2.28. The normalized spacial score (nSPS) is 13.9. The van der Waals surface area contributed by atoms with E-state index in [0.717, 1.165) is 0 Å². The van der Waals surface area contributed by atoms with Crippen molar-refractivity contribution in [3.8, 4) is 5.75 Å². The zero-order chi connectivity index (χ0) is 21.2. The van der Waals surface area contributed by atoms with Crippen LogP contribution in [0, 0.1) is 6.92 Å². The van der Waals surface area contributed by atoms with Crippen LogP contribution in [-0.2, 0) is 14.8 Å². The third-order valence-corrected chi connectivity index (χ3v) is 6.10. The van der Waals surface area contributed by atoms with Crippen molar-refractivity contribution in [1.29, 1.82) is 0 Å². The van der Waals surface area contributed by atoms with Crippen molar-refractivity contribution in [3.05, 3.63) is 47.5 Å². The number of ether oxygens (including phenoxy) is 1. The molecule has 3 rings (SSSR count). The summed E-state index contributed by atoms with van der Waals surface area (Å²) in [6, 6.07) is 9.20. The van der Waals surface area contributed by atoms with Crippen LogP contribution < -0.4 is 14.8 Å². The first kappa shape index (κ1) is 20.7. The second kappa shape index (κ2) is 8.12. The molecular formula is C20H23N3O5S. The average Bonchev–Trinajstić information content (AvgIpc) is 2.80. The first-order valence-corrected chi connectivity index (χ1v) is 10.6. The zero-order valence-electron chi connectivity index (χ0n) is 16.5. The molecule has 1 heterocycles. The van der Waals surface area contributed by atoms with Gasteiger partial charge in [0.15, 0.2) is 0 Å². The van der Waals surface area contributed by atoms with Crippen LogP contribution in [0.2, 0.25) is 0 Å². The topological polar surface area (TPSA) is 105 Å². The summed E-state index contributed by atoms with van der Waals surface area (Å²) in [6.45, 7) is 4.22. The Bertz CT molecular complexity index is 1070. The highest BCUT2D eigenvalue weighted by Gasteiger charge is 2.23. The van der Waals surface area contributed by atoms with Crippen molar-refractivity contribution in [2.45, 2.75) is 25.2 Å². The highest BCUT2D eigenvalue weighted by molar-refractivity contribution is 7.92. The maximum Gasteiger partial charge on any atom is 0.262 e. The van der Waals surface area contributed by atoms with Crippen LogP contribution in [0.4, 0.5) is 11.4 Å². The number of likely N-dealkylation sites (N-methyl/N-ethyl adjacent to an activating group) is 1. The Labute approximate surface area is 169 Å². The van der Waals surface area contributed by atoms with Gasteiger partial charge in [-0.1, -0.05) is 6.92 Å². The van der Waals surface area contributed by atoms with Gasteiger partial charge in [-0.05, 0) is 48.9 Å². The number of fused-ring (bicyclic) bond motifs is 1. The smallest absolute Gasteiger partial charge is 0.262 e. The number of anilines is 2. The summed E-state index contributed by atoms with van der Waals surface area (Å²) in [7, 11) is -2.22. The number of amides is 2. The quantitative estimate of drug-likeness (QED) is 0.778. The molecule has 29 heavy (non-hydrogen) atoms. The van der Waals surface area contributed by atoms with E-state index in [1.54, 1.807) is 45.2 Å². The lowest BCUT2D eigenvalue weighted by atomic mass is 10.1. The molecule has 0 saturated heterocycles. The van der Waals surface area contributed by atoms with Gasteiger partial charge in [0.1, 0.15) is 12.4 Å². The van der Waals surface area contributed by atoms with Crippen molar-refractivity contribution >= 4 is 33.2 Å². The third kappa shape index (κ3) is 4.51. The number of nitrogens with zero attached hydrogens (tertiary/aromatic N) is 1. The maximum atomic E-state index is 12.9. The SMILES string of the molecule is CCC(=O)Nc1ccc(S(=O)(=O)Nc2ccc3c(c2)C(=O)N(C)CCO3)c(C)c1. The van der Waals surface area contributed by atoms with E-state index < -0.39 is 10.0 Å². The van der Waals surface area contributed by atoms with E-state index >= 15 is 0 Å². The standard InChI is InChI=1S/C20H23N3O5S/c1-4-19(24)21-14-6-8-18(13(2)11-14)29(26,27)22-15-5-7-17-16(12-15)20(25)23(3)9-10-28-17/h5-8,11-12,22H,4,9-10H2,1-3H3,(H,21,24). The lowest BCUT2D eigenvalue weighted by molar-refractivity contribution is -0.115. The molecule has 1 aliphatic rings. The van der Waals surface area contributed by atoms with E-state index in [1.165, 1.54) is 17.0 Å². The monoisotopic (exact) mass is 417 g/mol. The number of benzene rings is 2. The average molecular weight is 417 g/mol. The van der Waals surface area contributed by atoms with Gasteiger partial charge in [-0.25, -0.2) is 8.42 Å². The maximum absolute atomic E-state index is 12.9. The van der Waals surface area contributed by atoms with E-state index in [0.29, 0.717) is 42.1 Å². The van der Waals surface area contributed by atoms with Crippen LogP contribution in [0.1, 0.15) is 29.3 Å². The first-order chi connectivity index (χ1) is 13.7. The van der Waals surface area contributed by atoms with Gasteiger partial charge < -0.3 is 15.0 Å². The van der Waals surface area contributed by atoms with E-state index in [4.69, 9.17) is 4.74 Å². The Hall–Kier alpha value is -3.07. The van der Waals surface area contributed by atoms with Crippen LogP contribution in [0.15, 0.2) is 41.3 Å². The fourth-order valence-corrected chi connectivity index (χ4v) is 4.25. The predicted molar refractivity (Wildman–Crippen MR) is 110 cm³/mol. The molecule has 8 nitrogen and oxygen atoms in total. The molecule has 9 heteroatoms. The zero-order valence-corrected chi connectivity index (χ0v) is 17.3. The Morgan fingerprint density at radius 2 is 1.90 bits per heavy atom. The number of nitrogens with one attached hydrogen (secondary N) is 2. The number of carbonyl (C=O) groups is 2. The van der Waals surface area contributed by atoms with Gasteiger partial charge in [0.05, 0.1) is 17.0 Å². The lowest BCUT2D eigenvalue weighted by Crippen LogP contribution is -2.27. The summed E-state index contributed by atoms with van der Waals surface area (Å²) in [5, 5.41) is 2.70. The Balaban J connectivity index is 1.87. The van der Waals surface area contributed by atoms with E-state index in [9.17, 15) is 18.0 Å². The molecule has 0 atom stereocenters. The molecule has 0 saturated carbocycles. The summed E-state index contributed by atoms with van der Waals surface area (Å²) in [4.78, 5) is 25.6. The molecule has 2 N–H and O–H groups in total. The summed E-state index contributed by atoms with van der Waals surface area (Å²) >= 11 is 0. The third-order valence-electron chi connectivity index (χ3n) is 4.56. The summed E-state index contributed by atoms with van der Waals surface area (Å²) in [6.07, 6.45) is 0.330. The van der Waals surface area contributed by atoms with Crippen molar-refractivity contribution in [1.82, 2.24) is 4.90 Å². The van der Waals surface area contributed by atoms with E-state index in [2.05, 4.69) is 10.0 Å². The van der Waals surface area contributed by atoms with Gasteiger partial charge in [0, 0.05) is 24.8 Å². The molecule has 0 fully saturated rings. The number of sulfonamides is 1. The molecule has 2 aromatic rings. The lowest BCUT2D eigenvalue weighted by Gasteiger charge is -2.15. The van der Waals surface area contributed by atoms with Crippen molar-refractivity contribution in [2.24, 2.45) is 0 Å². The molecule has 0 radical (unpaired) electrons. The predicted octanol–water partition coefficient (Wildman–Crippen LogP) is 2.61. The molecule has 0 bridgehead atoms. The van der Waals surface area contributed by atoms with Crippen molar-refractivity contribution < 1.29 is 22.7 Å². The van der Waals surface area contributed by atoms with Gasteiger partial charge in [-0.3, -0.25) is 14.3 Å². The molecule has 2 aromatic carbocycles. The van der Waals surface area contributed by atoms with Crippen LogP contribution in [0.25, 0.3) is 0 Å². The minimum atomic E-state index is -3.89. The number of hydrogen-bond donors (Lipinski definition) is 2. The fourth-order valence-electron chi connectivity index (χ4n) is 2.97. The molecule has 2 amide bonds. The Kier molecular flexibility index (Phi) is 5.78. The van der Waals surface area contributed by atoms with Gasteiger partial charge in [0.2, 0.25) is 5.91 Å². The van der Waals surface area contributed by atoms with Gasteiger partial charge >= 0.3 is 0 Å². The number of rotatable bonds is 5. The minimum Gasteiger partial charge on any atom is -0.491 e.